The van der Waals surface area contributed by atoms with Gasteiger partial charge in [-0.3, -0.25) is 9.98 Å². The number of fused-ring (bicyclic) bond motifs is 4. The molecule has 5 rings (SSSR count). The van der Waals surface area contributed by atoms with Crippen molar-refractivity contribution in [3.63, 3.8) is 0 Å². The summed E-state index contributed by atoms with van der Waals surface area (Å²) in [7, 11) is 0. The van der Waals surface area contributed by atoms with Crippen LogP contribution in [0.5, 0.6) is 0 Å². The van der Waals surface area contributed by atoms with Crippen molar-refractivity contribution in [1.82, 2.24) is 9.88 Å². The molecule has 3 atom stereocenters. The van der Waals surface area contributed by atoms with Crippen LogP contribution < -0.4 is 11.5 Å². The molecule has 1 aromatic heterocycles. The van der Waals surface area contributed by atoms with Crippen LogP contribution in [0.25, 0.3) is 16.5 Å². The number of nitrogens with zero attached hydrogens (tertiary/aromatic N) is 4. The smallest absolute Gasteiger partial charge is 0.124 e. The van der Waals surface area contributed by atoms with E-state index in [1.54, 1.807) is 6.34 Å². The van der Waals surface area contributed by atoms with Crippen molar-refractivity contribution in [3.05, 3.63) is 47.8 Å². The zero-order valence-corrected chi connectivity index (χ0v) is 14.8. The summed E-state index contributed by atoms with van der Waals surface area (Å²) in [5, 5.41) is 1.12. The maximum absolute atomic E-state index is 6.49. The Morgan fingerprint density at radius 2 is 2.08 bits per heavy atom. The molecule has 6 nitrogen and oxygen atoms in total. The van der Waals surface area contributed by atoms with Crippen LogP contribution in [-0.2, 0) is 0 Å². The number of pyridine rings is 1. The van der Waals surface area contributed by atoms with E-state index in [9.17, 15) is 0 Å². The molecule has 0 spiro atoms. The van der Waals surface area contributed by atoms with Gasteiger partial charge in [0.25, 0.3) is 0 Å². The monoisotopic (exact) mass is 346 g/mol. The molecule has 3 aliphatic heterocycles. The molecular weight excluding hydrogens is 324 g/mol. The number of hydrogen-bond donors (Lipinski definition) is 2. The largest absolute Gasteiger partial charge is 0.331 e. The van der Waals surface area contributed by atoms with Gasteiger partial charge in [0.2, 0.25) is 0 Å². The third-order valence-electron chi connectivity index (χ3n) is 5.90. The summed E-state index contributed by atoms with van der Waals surface area (Å²) < 4.78 is 0. The number of rotatable bonds is 1. The van der Waals surface area contributed by atoms with E-state index in [1.807, 2.05) is 24.4 Å². The minimum atomic E-state index is -0.460. The van der Waals surface area contributed by atoms with Crippen LogP contribution in [0.4, 0.5) is 0 Å². The average Bonchev–Trinajstić information content (AvgIpc) is 2.91. The van der Waals surface area contributed by atoms with Gasteiger partial charge in [0, 0.05) is 29.9 Å². The molecule has 1 aromatic carbocycles. The molecule has 3 aliphatic rings. The van der Waals surface area contributed by atoms with Gasteiger partial charge in [-0.2, -0.15) is 0 Å². The van der Waals surface area contributed by atoms with E-state index in [-0.39, 0.29) is 12.2 Å². The molecule has 26 heavy (non-hydrogen) atoms. The van der Waals surface area contributed by atoms with Crippen LogP contribution in [0.1, 0.15) is 25.3 Å². The van der Waals surface area contributed by atoms with Crippen molar-refractivity contribution in [3.8, 4) is 0 Å². The van der Waals surface area contributed by atoms with Crippen molar-refractivity contribution >= 4 is 28.7 Å². The molecular formula is C20H22N6. The van der Waals surface area contributed by atoms with Gasteiger partial charge >= 0.3 is 0 Å². The number of benzene rings is 1. The molecule has 3 unspecified atom stereocenters. The highest BCUT2D eigenvalue weighted by Gasteiger charge is 2.53. The third-order valence-corrected chi connectivity index (χ3v) is 5.90. The van der Waals surface area contributed by atoms with Crippen LogP contribution in [-0.4, -0.2) is 40.8 Å². The lowest BCUT2D eigenvalue weighted by atomic mass is 9.76. The average molecular weight is 346 g/mol. The van der Waals surface area contributed by atoms with Crippen molar-refractivity contribution in [2.24, 2.45) is 26.9 Å². The number of hydrogen-bond acceptors (Lipinski definition) is 6. The Hall–Kier alpha value is -2.57. The fraction of sp³-hybridized carbons (Fsp3) is 0.350. The van der Waals surface area contributed by atoms with E-state index in [2.05, 4.69) is 38.9 Å². The van der Waals surface area contributed by atoms with Gasteiger partial charge in [0.05, 0.1) is 10.9 Å². The molecule has 132 valence electrons. The Labute approximate surface area is 152 Å². The summed E-state index contributed by atoms with van der Waals surface area (Å²) in [5.41, 5.74) is 16.8. The Bertz CT molecular complexity index is 991. The molecule has 1 saturated heterocycles. The van der Waals surface area contributed by atoms with Gasteiger partial charge in [0.15, 0.2) is 0 Å². The van der Waals surface area contributed by atoms with Crippen LogP contribution in [0.15, 0.2) is 52.2 Å². The van der Waals surface area contributed by atoms with Crippen molar-refractivity contribution in [1.29, 1.82) is 0 Å². The van der Waals surface area contributed by atoms with Crippen LogP contribution in [0, 0.1) is 5.41 Å². The summed E-state index contributed by atoms with van der Waals surface area (Å²) in [4.78, 5) is 16.0. The number of amidine groups is 1. The molecule has 0 saturated carbocycles. The number of nitrogens with two attached hydrogens (primary N) is 2. The van der Waals surface area contributed by atoms with E-state index in [0.717, 1.165) is 41.7 Å². The third kappa shape index (κ3) is 2.03. The summed E-state index contributed by atoms with van der Waals surface area (Å²) in [6.45, 7) is 2.92. The standard InChI is InChI=1S/C20H22N6/c1-20-17(13-8-12-4-2-3-5-15(12)23-9-13)16-7-6-14(21)10-26(16)19(20)25-11-24-18(20)22/h2-5,8-9,11,14,18H,6-7,10,21-22H2,1H3. The highest BCUT2D eigenvalue weighted by atomic mass is 15.3. The highest BCUT2D eigenvalue weighted by Crippen LogP contribution is 2.51. The Kier molecular flexibility index (Phi) is 3.29. The fourth-order valence-corrected chi connectivity index (χ4v) is 4.53. The summed E-state index contributed by atoms with van der Waals surface area (Å²) in [6, 6.07) is 10.5. The minimum absolute atomic E-state index is 0.148. The molecule has 4 heterocycles. The van der Waals surface area contributed by atoms with Crippen LogP contribution in [0.2, 0.25) is 0 Å². The second-order valence-corrected chi connectivity index (χ2v) is 7.51. The van der Waals surface area contributed by atoms with E-state index in [1.165, 1.54) is 11.3 Å². The van der Waals surface area contributed by atoms with Crippen LogP contribution in [0.3, 0.4) is 0 Å². The molecule has 0 aliphatic carbocycles. The number of piperidine rings is 1. The second kappa shape index (κ2) is 5.46. The first-order valence-electron chi connectivity index (χ1n) is 9.06. The SMILES string of the molecule is CC12C(=NC=NC1N)N1CC(N)CCC1=C2c1cnc2ccccc2c1. The van der Waals surface area contributed by atoms with E-state index >= 15 is 0 Å². The summed E-state index contributed by atoms with van der Waals surface area (Å²) in [5.74, 6) is 0.966. The van der Waals surface area contributed by atoms with E-state index in [0.29, 0.717) is 0 Å². The zero-order chi connectivity index (χ0) is 17.9. The number of allylic oxidation sites excluding steroid dienone is 1. The molecule has 2 aromatic rings. The van der Waals surface area contributed by atoms with Gasteiger partial charge in [-0.1, -0.05) is 18.2 Å². The molecule has 4 N–H and O–H groups in total. The first-order valence-corrected chi connectivity index (χ1v) is 9.06. The first kappa shape index (κ1) is 15.7. The second-order valence-electron chi connectivity index (χ2n) is 7.51. The highest BCUT2D eigenvalue weighted by molar-refractivity contribution is 6.10. The molecule has 0 amide bonds. The normalized spacial score (nSPS) is 30.4. The predicted molar refractivity (Wildman–Crippen MR) is 105 cm³/mol. The minimum Gasteiger partial charge on any atom is -0.331 e. The predicted octanol–water partition coefficient (Wildman–Crippen LogP) is 2.11. The zero-order valence-electron chi connectivity index (χ0n) is 14.8. The van der Waals surface area contributed by atoms with Gasteiger partial charge < -0.3 is 16.4 Å². The quantitative estimate of drug-likeness (QED) is 0.827. The van der Waals surface area contributed by atoms with Crippen molar-refractivity contribution in [2.45, 2.75) is 32.0 Å². The molecule has 0 bridgehead atoms. The van der Waals surface area contributed by atoms with Gasteiger partial charge in [-0.05, 0) is 43.0 Å². The van der Waals surface area contributed by atoms with E-state index < -0.39 is 5.41 Å². The maximum Gasteiger partial charge on any atom is 0.124 e. The van der Waals surface area contributed by atoms with Crippen molar-refractivity contribution in [2.75, 3.05) is 6.54 Å². The summed E-state index contributed by atoms with van der Waals surface area (Å²) in [6.07, 6.45) is 5.06. The van der Waals surface area contributed by atoms with Gasteiger partial charge in [-0.25, -0.2) is 4.99 Å². The summed E-state index contributed by atoms with van der Waals surface area (Å²) >= 11 is 0. The Morgan fingerprint density at radius 1 is 1.23 bits per heavy atom. The first-order chi connectivity index (χ1) is 12.6. The Balaban J connectivity index is 1.75. The fourth-order valence-electron chi connectivity index (χ4n) is 4.53. The van der Waals surface area contributed by atoms with Gasteiger partial charge in [-0.15, -0.1) is 0 Å². The molecule has 1 fully saturated rings. The van der Waals surface area contributed by atoms with E-state index in [4.69, 9.17) is 11.5 Å². The lowest BCUT2D eigenvalue weighted by molar-refractivity contribution is 0.363. The molecule has 6 heteroatoms. The Morgan fingerprint density at radius 3 is 2.96 bits per heavy atom. The topological polar surface area (TPSA) is 92.9 Å². The van der Waals surface area contributed by atoms with Crippen LogP contribution >= 0.6 is 0 Å². The molecule has 0 radical (unpaired) electrons. The van der Waals surface area contributed by atoms with Crippen molar-refractivity contribution < 1.29 is 0 Å². The van der Waals surface area contributed by atoms with Gasteiger partial charge in [0.1, 0.15) is 18.3 Å². The number of aliphatic imine (C=N–C) groups is 2. The number of aromatic nitrogens is 1. The lowest BCUT2D eigenvalue weighted by Crippen LogP contribution is -2.51. The lowest BCUT2D eigenvalue weighted by Gasteiger charge is -2.37. The number of para-hydroxylation sites is 1. The maximum atomic E-state index is 6.49.